The zero-order chi connectivity index (χ0) is 21.4. The summed E-state index contributed by atoms with van der Waals surface area (Å²) in [5.74, 6) is 0.427. The molecule has 2 aromatic rings. The van der Waals surface area contributed by atoms with Gasteiger partial charge in [0.05, 0.1) is 17.4 Å². The van der Waals surface area contributed by atoms with E-state index in [1.165, 1.54) is 0 Å². The number of hydrogen-bond acceptors (Lipinski definition) is 4. The minimum Gasteiger partial charge on any atom is -0.306 e. The van der Waals surface area contributed by atoms with Gasteiger partial charge in [-0.3, -0.25) is 9.79 Å². The van der Waals surface area contributed by atoms with Gasteiger partial charge in [0.25, 0.3) is 5.91 Å². The van der Waals surface area contributed by atoms with Crippen LogP contribution in [-0.2, 0) is 4.79 Å². The van der Waals surface area contributed by atoms with Crippen LogP contribution in [0.1, 0.15) is 43.5 Å². The van der Waals surface area contributed by atoms with Crippen LogP contribution in [0.2, 0.25) is 0 Å². The average molecular weight is 406 g/mol. The Morgan fingerprint density at radius 1 is 1.20 bits per heavy atom. The highest BCUT2D eigenvalue weighted by atomic mass is 16.2. The molecule has 0 aliphatic carbocycles. The van der Waals surface area contributed by atoms with Gasteiger partial charge in [-0.1, -0.05) is 0 Å². The van der Waals surface area contributed by atoms with Crippen LogP contribution in [0.15, 0.2) is 41.4 Å². The van der Waals surface area contributed by atoms with Crippen molar-refractivity contribution in [2.24, 2.45) is 10.9 Å². The van der Waals surface area contributed by atoms with E-state index < -0.39 is 0 Å². The van der Waals surface area contributed by atoms with Crippen LogP contribution in [0.4, 0.5) is 0 Å². The Labute approximate surface area is 178 Å². The summed E-state index contributed by atoms with van der Waals surface area (Å²) in [6.45, 7) is 10.2. The van der Waals surface area contributed by atoms with Crippen molar-refractivity contribution >= 4 is 23.3 Å². The van der Waals surface area contributed by atoms with Crippen LogP contribution in [-0.4, -0.2) is 57.5 Å². The second-order valence-electron chi connectivity index (χ2n) is 8.75. The first-order valence-electron chi connectivity index (χ1n) is 10.7. The van der Waals surface area contributed by atoms with Gasteiger partial charge in [-0.25, -0.2) is 4.98 Å². The lowest BCUT2D eigenvalue weighted by atomic mass is 9.93. The average Bonchev–Trinajstić information content (AvgIpc) is 3.10. The molecule has 0 N–H and O–H groups in total. The Morgan fingerprint density at radius 3 is 2.67 bits per heavy atom. The lowest BCUT2D eigenvalue weighted by Gasteiger charge is -2.33. The number of piperidine rings is 1. The smallest absolute Gasteiger partial charge is 0.251 e. The maximum atomic E-state index is 13.1. The highest BCUT2D eigenvalue weighted by molar-refractivity contribution is 5.97. The maximum absolute atomic E-state index is 13.1. The predicted molar refractivity (Wildman–Crippen MR) is 121 cm³/mol. The van der Waals surface area contributed by atoms with Crippen LogP contribution in [0.25, 0.3) is 11.2 Å². The van der Waals surface area contributed by atoms with Gasteiger partial charge in [-0.2, -0.15) is 0 Å². The summed E-state index contributed by atoms with van der Waals surface area (Å²) in [4.78, 5) is 26.5. The summed E-state index contributed by atoms with van der Waals surface area (Å²) >= 11 is 0. The van der Waals surface area contributed by atoms with Crippen LogP contribution < -0.4 is 0 Å². The van der Waals surface area contributed by atoms with E-state index in [2.05, 4.69) is 34.9 Å². The van der Waals surface area contributed by atoms with Gasteiger partial charge in [0.1, 0.15) is 5.65 Å². The number of amides is 1. The Kier molecular flexibility index (Phi) is 5.60. The van der Waals surface area contributed by atoms with Crippen LogP contribution >= 0.6 is 0 Å². The van der Waals surface area contributed by atoms with Crippen molar-refractivity contribution in [2.75, 3.05) is 20.1 Å². The molecule has 2 aliphatic rings. The number of pyridine rings is 1. The van der Waals surface area contributed by atoms with Crippen LogP contribution in [0.3, 0.4) is 0 Å². The lowest BCUT2D eigenvalue weighted by molar-refractivity contribution is -0.124. The highest BCUT2D eigenvalue weighted by Gasteiger charge is 2.26. The molecule has 2 aliphatic heterocycles. The van der Waals surface area contributed by atoms with Crippen LogP contribution in [0.5, 0.6) is 0 Å². The summed E-state index contributed by atoms with van der Waals surface area (Å²) < 4.78 is 2.04. The van der Waals surface area contributed by atoms with E-state index in [0.717, 1.165) is 59.7 Å². The van der Waals surface area contributed by atoms with Crippen molar-refractivity contribution in [2.45, 2.75) is 46.6 Å². The normalized spacial score (nSPS) is 21.4. The molecule has 0 bridgehead atoms. The van der Waals surface area contributed by atoms with E-state index in [9.17, 15) is 4.79 Å². The quantitative estimate of drug-likeness (QED) is 0.729. The van der Waals surface area contributed by atoms with E-state index in [4.69, 9.17) is 0 Å². The van der Waals surface area contributed by atoms with Gasteiger partial charge in [0.2, 0.25) is 0 Å². The van der Waals surface area contributed by atoms with Crippen molar-refractivity contribution in [1.82, 2.24) is 19.2 Å². The number of aromatic nitrogens is 2. The van der Waals surface area contributed by atoms with E-state index >= 15 is 0 Å². The van der Waals surface area contributed by atoms with Crippen molar-refractivity contribution in [3.63, 3.8) is 0 Å². The SMILES string of the molecule is C/C(=C\C(=O)N1C=C(C2CCN(C)CC2)N=CC1C)c1cc(C)c2nc(C)cn2c1. The number of imidazole rings is 1. The molecule has 4 heterocycles. The first-order chi connectivity index (χ1) is 14.3. The Hall–Kier alpha value is -2.73. The zero-order valence-electron chi connectivity index (χ0n) is 18.6. The van der Waals surface area contributed by atoms with Gasteiger partial charge in [0.15, 0.2) is 0 Å². The number of likely N-dealkylation sites (tertiary alicyclic amines) is 1. The molecule has 0 radical (unpaired) electrons. The Bertz CT molecular complexity index is 1050. The fourth-order valence-corrected chi connectivity index (χ4v) is 4.29. The molecule has 6 nitrogen and oxygen atoms in total. The summed E-state index contributed by atoms with van der Waals surface area (Å²) in [5, 5.41) is 0. The largest absolute Gasteiger partial charge is 0.306 e. The van der Waals surface area contributed by atoms with Gasteiger partial charge < -0.3 is 14.2 Å². The number of rotatable bonds is 3. The molecule has 0 spiro atoms. The number of aryl methyl sites for hydroxylation is 2. The van der Waals surface area contributed by atoms with Crippen molar-refractivity contribution in [3.8, 4) is 0 Å². The summed E-state index contributed by atoms with van der Waals surface area (Å²) in [5.41, 5.74) is 6.06. The summed E-state index contributed by atoms with van der Waals surface area (Å²) in [6, 6.07) is 2.05. The zero-order valence-corrected chi connectivity index (χ0v) is 18.6. The number of hydrogen-bond donors (Lipinski definition) is 0. The van der Waals surface area contributed by atoms with Crippen LogP contribution in [0, 0.1) is 19.8 Å². The molecule has 1 amide bonds. The maximum Gasteiger partial charge on any atom is 0.251 e. The lowest BCUT2D eigenvalue weighted by Crippen LogP contribution is -2.38. The molecule has 1 atom stereocenters. The first-order valence-corrected chi connectivity index (χ1v) is 10.7. The minimum absolute atomic E-state index is 0.00357. The molecule has 4 rings (SSSR count). The molecule has 0 saturated carbocycles. The second-order valence-corrected chi connectivity index (χ2v) is 8.75. The molecule has 6 heteroatoms. The van der Waals surface area contributed by atoms with Gasteiger partial charge >= 0.3 is 0 Å². The molecular weight excluding hydrogens is 374 g/mol. The van der Waals surface area contributed by atoms with E-state index in [1.54, 1.807) is 6.08 Å². The van der Waals surface area contributed by atoms with Crippen molar-refractivity contribution < 1.29 is 4.79 Å². The van der Waals surface area contributed by atoms with E-state index in [-0.39, 0.29) is 11.9 Å². The standard InChI is InChI=1S/C24H31N5O/c1-16(21-10-17(2)24-26-18(3)13-28(24)14-21)11-23(30)29-15-22(25-12-19(29)4)20-6-8-27(5)9-7-20/h10-15,19-20H,6-9H2,1-5H3/b16-11+. The molecular formula is C24H31N5O. The highest BCUT2D eigenvalue weighted by Crippen LogP contribution is 2.28. The first kappa shape index (κ1) is 20.5. The fourth-order valence-electron chi connectivity index (χ4n) is 4.29. The number of nitrogens with zero attached hydrogens (tertiary/aromatic N) is 5. The molecule has 1 fully saturated rings. The molecule has 158 valence electrons. The van der Waals surface area contributed by atoms with Gasteiger partial charge in [-0.05, 0) is 83.4 Å². The molecule has 2 aromatic heterocycles. The summed E-state index contributed by atoms with van der Waals surface area (Å²) in [6.07, 6.45) is 11.9. The second kappa shape index (κ2) is 8.19. The molecule has 30 heavy (non-hydrogen) atoms. The topological polar surface area (TPSA) is 53.2 Å². The molecule has 0 aromatic carbocycles. The minimum atomic E-state index is -0.0444. The molecule has 1 saturated heterocycles. The number of allylic oxidation sites excluding steroid dienone is 2. The number of carbonyl (C=O) groups excluding carboxylic acids is 1. The van der Waals surface area contributed by atoms with E-state index in [0.29, 0.717) is 5.92 Å². The van der Waals surface area contributed by atoms with Gasteiger partial charge in [-0.15, -0.1) is 0 Å². The third-order valence-corrected chi connectivity index (χ3v) is 6.19. The Morgan fingerprint density at radius 2 is 1.93 bits per heavy atom. The van der Waals surface area contributed by atoms with E-state index in [1.807, 2.05) is 54.9 Å². The summed E-state index contributed by atoms with van der Waals surface area (Å²) in [7, 11) is 2.16. The third-order valence-electron chi connectivity index (χ3n) is 6.19. The number of fused-ring (bicyclic) bond motifs is 1. The fraction of sp³-hybridized carbons (Fsp3) is 0.458. The van der Waals surface area contributed by atoms with Gasteiger partial charge in [0, 0.05) is 36.8 Å². The predicted octanol–water partition coefficient (Wildman–Crippen LogP) is 3.84. The monoisotopic (exact) mass is 405 g/mol. The van der Waals surface area contributed by atoms with Crippen molar-refractivity contribution in [3.05, 3.63) is 53.3 Å². The number of aliphatic imine (C=N–C) groups is 1. The third kappa shape index (κ3) is 4.10. The van der Waals surface area contributed by atoms with Crippen molar-refractivity contribution in [1.29, 1.82) is 0 Å². The molecule has 1 unspecified atom stereocenters. The Balaban J connectivity index is 1.57. The number of carbonyl (C=O) groups is 1.